The van der Waals surface area contributed by atoms with Gasteiger partial charge in [0.1, 0.15) is 5.82 Å². The zero-order chi connectivity index (χ0) is 17.4. The summed E-state index contributed by atoms with van der Waals surface area (Å²) in [5.74, 6) is -0.297. The Labute approximate surface area is 145 Å². The molecule has 0 radical (unpaired) electrons. The van der Waals surface area contributed by atoms with E-state index in [2.05, 4.69) is 5.32 Å². The molecule has 0 spiro atoms. The van der Waals surface area contributed by atoms with Crippen LogP contribution in [0.3, 0.4) is 0 Å². The topological polar surface area (TPSA) is 37.3 Å². The maximum absolute atomic E-state index is 14.7. The molecule has 0 amide bonds. The largest absolute Gasteiger partial charge is 0.368 e. The SMILES string of the molecule is CN[C@@H]1CCN(c2ccc(-n3ccc4ccccc4c3=O)cc2F)C1. The molecule has 2 heterocycles. The van der Waals surface area contributed by atoms with Crippen molar-refractivity contribution in [1.82, 2.24) is 9.88 Å². The van der Waals surface area contributed by atoms with Crippen molar-refractivity contribution in [3.63, 3.8) is 0 Å². The molecule has 25 heavy (non-hydrogen) atoms. The fourth-order valence-corrected chi connectivity index (χ4v) is 3.51. The molecule has 128 valence electrons. The number of likely N-dealkylation sites (N-methyl/N-ethyl adjacent to an activating group) is 1. The van der Waals surface area contributed by atoms with Crippen LogP contribution in [0.5, 0.6) is 0 Å². The van der Waals surface area contributed by atoms with E-state index in [4.69, 9.17) is 0 Å². The van der Waals surface area contributed by atoms with Crippen LogP contribution < -0.4 is 15.8 Å². The summed E-state index contributed by atoms with van der Waals surface area (Å²) >= 11 is 0. The fraction of sp³-hybridized carbons (Fsp3) is 0.250. The van der Waals surface area contributed by atoms with Crippen LogP contribution in [0.25, 0.3) is 16.5 Å². The monoisotopic (exact) mass is 337 g/mol. The molecule has 1 aliphatic heterocycles. The molecule has 2 aromatic carbocycles. The highest BCUT2D eigenvalue weighted by Gasteiger charge is 2.23. The van der Waals surface area contributed by atoms with Gasteiger partial charge in [-0.25, -0.2) is 4.39 Å². The van der Waals surface area contributed by atoms with Crippen LogP contribution in [-0.4, -0.2) is 30.7 Å². The van der Waals surface area contributed by atoms with E-state index in [0.717, 1.165) is 24.9 Å². The van der Waals surface area contributed by atoms with Gasteiger partial charge in [0.2, 0.25) is 0 Å². The molecular formula is C20H20FN3O. The Morgan fingerprint density at radius 2 is 2.00 bits per heavy atom. The molecule has 0 saturated carbocycles. The van der Waals surface area contributed by atoms with Gasteiger partial charge in [-0.3, -0.25) is 9.36 Å². The number of hydrogen-bond donors (Lipinski definition) is 1. The van der Waals surface area contributed by atoms with Crippen molar-refractivity contribution < 1.29 is 4.39 Å². The third-order valence-corrected chi connectivity index (χ3v) is 4.96. The molecule has 1 fully saturated rings. The number of nitrogens with one attached hydrogen (secondary N) is 1. The van der Waals surface area contributed by atoms with Crippen molar-refractivity contribution in [3.8, 4) is 5.69 Å². The number of anilines is 1. The second kappa shape index (κ2) is 6.33. The summed E-state index contributed by atoms with van der Waals surface area (Å²) < 4.78 is 16.2. The number of halogens is 1. The van der Waals surface area contributed by atoms with Gasteiger partial charge < -0.3 is 10.2 Å². The third kappa shape index (κ3) is 2.81. The normalized spacial score (nSPS) is 17.4. The molecule has 0 aliphatic carbocycles. The molecular weight excluding hydrogens is 317 g/mol. The Balaban J connectivity index is 1.72. The summed E-state index contributed by atoms with van der Waals surface area (Å²) in [7, 11) is 1.93. The predicted molar refractivity (Wildman–Crippen MR) is 99.2 cm³/mol. The maximum Gasteiger partial charge on any atom is 0.262 e. The van der Waals surface area contributed by atoms with Crippen molar-refractivity contribution in [2.75, 3.05) is 25.0 Å². The Morgan fingerprint density at radius 3 is 2.76 bits per heavy atom. The van der Waals surface area contributed by atoms with Gasteiger partial charge in [0.05, 0.1) is 11.4 Å². The number of hydrogen-bond acceptors (Lipinski definition) is 3. The van der Waals surface area contributed by atoms with E-state index in [-0.39, 0.29) is 11.4 Å². The Kier molecular flexibility index (Phi) is 4.01. The number of benzene rings is 2. The summed E-state index contributed by atoms with van der Waals surface area (Å²) in [4.78, 5) is 14.7. The quantitative estimate of drug-likeness (QED) is 0.798. The average Bonchev–Trinajstić information content (AvgIpc) is 3.11. The van der Waals surface area contributed by atoms with Gasteiger partial charge >= 0.3 is 0 Å². The van der Waals surface area contributed by atoms with E-state index < -0.39 is 0 Å². The van der Waals surface area contributed by atoms with Crippen molar-refractivity contribution >= 4 is 16.5 Å². The van der Waals surface area contributed by atoms with Gasteiger partial charge in [0.15, 0.2) is 0 Å². The summed E-state index contributed by atoms with van der Waals surface area (Å²) in [6.45, 7) is 1.63. The minimum atomic E-state index is -0.297. The van der Waals surface area contributed by atoms with Crippen molar-refractivity contribution in [1.29, 1.82) is 0 Å². The van der Waals surface area contributed by atoms with Crippen molar-refractivity contribution in [2.45, 2.75) is 12.5 Å². The lowest BCUT2D eigenvalue weighted by Gasteiger charge is -2.20. The predicted octanol–water partition coefficient (Wildman–Crippen LogP) is 2.93. The van der Waals surface area contributed by atoms with Crippen LogP contribution >= 0.6 is 0 Å². The molecule has 4 nitrogen and oxygen atoms in total. The number of pyridine rings is 1. The first-order valence-electron chi connectivity index (χ1n) is 8.50. The lowest BCUT2D eigenvalue weighted by atomic mass is 10.1. The van der Waals surface area contributed by atoms with Crippen LogP contribution in [0.15, 0.2) is 59.5 Å². The van der Waals surface area contributed by atoms with E-state index >= 15 is 0 Å². The Hall–Kier alpha value is -2.66. The van der Waals surface area contributed by atoms with Crippen molar-refractivity contribution in [3.05, 3.63) is 70.9 Å². The molecule has 1 atom stereocenters. The summed E-state index contributed by atoms with van der Waals surface area (Å²) in [6, 6.07) is 14.7. The highest BCUT2D eigenvalue weighted by atomic mass is 19.1. The van der Waals surface area contributed by atoms with Gasteiger partial charge in [0.25, 0.3) is 5.56 Å². The smallest absolute Gasteiger partial charge is 0.262 e. The molecule has 1 N–H and O–H groups in total. The van der Waals surface area contributed by atoms with Gasteiger partial charge in [-0.15, -0.1) is 0 Å². The molecule has 3 aromatic rings. The maximum atomic E-state index is 14.7. The summed E-state index contributed by atoms with van der Waals surface area (Å²) in [5.41, 5.74) is 0.998. The molecule has 5 heteroatoms. The van der Waals surface area contributed by atoms with Gasteiger partial charge in [0, 0.05) is 36.8 Å². The van der Waals surface area contributed by atoms with Crippen LogP contribution in [0.2, 0.25) is 0 Å². The van der Waals surface area contributed by atoms with E-state index in [1.165, 1.54) is 10.6 Å². The zero-order valence-electron chi connectivity index (χ0n) is 14.1. The minimum Gasteiger partial charge on any atom is -0.368 e. The first kappa shape index (κ1) is 15.8. The lowest BCUT2D eigenvalue weighted by Crippen LogP contribution is -2.29. The molecule has 4 rings (SSSR count). The van der Waals surface area contributed by atoms with Gasteiger partial charge in [-0.2, -0.15) is 0 Å². The second-order valence-corrected chi connectivity index (χ2v) is 6.43. The number of aromatic nitrogens is 1. The van der Waals surface area contributed by atoms with Gasteiger partial charge in [-0.1, -0.05) is 18.2 Å². The third-order valence-electron chi connectivity index (χ3n) is 4.96. The highest BCUT2D eigenvalue weighted by molar-refractivity contribution is 5.81. The summed E-state index contributed by atoms with van der Waals surface area (Å²) in [6.07, 6.45) is 2.70. The Bertz CT molecular complexity index is 982. The van der Waals surface area contributed by atoms with Crippen LogP contribution in [0.1, 0.15) is 6.42 Å². The molecule has 0 bridgehead atoms. The molecule has 1 aliphatic rings. The van der Waals surface area contributed by atoms with Crippen molar-refractivity contribution in [2.24, 2.45) is 0 Å². The number of fused-ring (bicyclic) bond motifs is 1. The lowest BCUT2D eigenvalue weighted by molar-refractivity contribution is 0.608. The van der Waals surface area contributed by atoms with Crippen LogP contribution in [-0.2, 0) is 0 Å². The Morgan fingerprint density at radius 1 is 1.16 bits per heavy atom. The summed E-state index contributed by atoms with van der Waals surface area (Å²) in [5, 5.41) is 4.75. The number of nitrogens with zero attached hydrogens (tertiary/aromatic N) is 2. The molecule has 1 aromatic heterocycles. The minimum absolute atomic E-state index is 0.137. The first-order valence-corrected chi connectivity index (χ1v) is 8.50. The van der Waals surface area contributed by atoms with Crippen LogP contribution in [0.4, 0.5) is 10.1 Å². The fourth-order valence-electron chi connectivity index (χ4n) is 3.51. The van der Waals surface area contributed by atoms with E-state index in [9.17, 15) is 9.18 Å². The molecule has 1 saturated heterocycles. The number of rotatable bonds is 3. The van der Waals surface area contributed by atoms with E-state index in [1.807, 2.05) is 36.2 Å². The standard InChI is InChI=1S/C20H20FN3O/c1-22-15-9-10-23(13-15)19-7-6-16(12-18(19)21)24-11-8-14-4-2-3-5-17(14)20(24)25/h2-8,11-12,15,22H,9-10,13H2,1H3/t15-/m1/s1. The average molecular weight is 337 g/mol. The highest BCUT2D eigenvalue weighted by Crippen LogP contribution is 2.25. The molecule has 0 unspecified atom stereocenters. The van der Waals surface area contributed by atoms with E-state index in [1.54, 1.807) is 24.4 Å². The van der Waals surface area contributed by atoms with Crippen LogP contribution in [0, 0.1) is 5.82 Å². The zero-order valence-corrected chi connectivity index (χ0v) is 14.1. The van der Waals surface area contributed by atoms with Gasteiger partial charge in [-0.05, 0) is 43.1 Å². The first-order chi connectivity index (χ1) is 12.2. The second-order valence-electron chi connectivity index (χ2n) is 6.43. The van der Waals surface area contributed by atoms with E-state index in [0.29, 0.717) is 22.8 Å².